The van der Waals surface area contributed by atoms with Gasteiger partial charge in [-0.1, -0.05) is 17.9 Å². The number of rotatable bonds is 0. The Bertz CT molecular complexity index is 548. The number of pyridine rings is 1. The predicted octanol–water partition coefficient (Wildman–Crippen LogP) is 2.37. The monoisotopic (exact) mass is 208 g/mol. The minimum Gasteiger partial charge on any atom is -0.398 e. The molecule has 2 rings (SSSR count). The van der Waals surface area contributed by atoms with Crippen LogP contribution in [0.5, 0.6) is 0 Å². The average molecular weight is 208 g/mol. The van der Waals surface area contributed by atoms with Gasteiger partial charge in [-0.3, -0.25) is 4.98 Å². The highest BCUT2D eigenvalue weighted by Crippen LogP contribution is 2.12. The summed E-state index contributed by atoms with van der Waals surface area (Å²) < 4.78 is 0. The number of anilines is 1. The first-order valence-corrected chi connectivity index (χ1v) is 5.04. The summed E-state index contributed by atoms with van der Waals surface area (Å²) in [6.45, 7) is 2.01. The van der Waals surface area contributed by atoms with Crippen molar-refractivity contribution in [1.82, 2.24) is 4.98 Å². The van der Waals surface area contributed by atoms with Crippen molar-refractivity contribution < 1.29 is 0 Å². The number of nitrogens with zero attached hydrogens (tertiary/aromatic N) is 1. The number of aromatic nitrogens is 1. The summed E-state index contributed by atoms with van der Waals surface area (Å²) in [6.07, 6.45) is 3.46. The second-order valence-corrected chi connectivity index (χ2v) is 3.58. The lowest BCUT2D eigenvalue weighted by Crippen LogP contribution is -1.90. The molecule has 0 aliphatic rings. The van der Waals surface area contributed by atoms with Crippen LogP contribution in [0.4, 0.5) is 5.69 Å². The molecule has 0 amide bonds. The lowest BCUT2D eigenvalue weighted by Gasteiger charge is -1.98. The Hall–Kier alpha value is -2.27. The van der Waals surface area contributed by atoms with Crippen LogP contribution in [0.1, 0.15) is 16.7 Å². The summed E-state index contributed by atoms with van der Waals surface area (Å²) in [7, 11) is 0. The van der Waals surface area contributed by atoms with Crippen LogP contribution < -0.4 is 5.73 Å². The molecule has 2 N–H and O–H groups in total. The topological polar surface area (TPSA) is 38.9 Å². The van der Waals surface area contributed by atoms with Crippen LogP contribution in [0.3, 0.4) is 0 Å². The Labute approximate surface area is 95.1 Å². The fraction of sp³-hybridized carbons (Fsp3) is 0.0714. The van der Waals surface area contributed by atoms with E-state index in [-0.39, 0.29) is 0 Å². The van der Waals surface area contributed by atoms with Gasteiger partial charge in [0.15, 0.2) is 0 Å². The summed E-state index contributed by atoms with van der Waals surface area (Å²) in [5, 5.41) is 0. The minimum atomic E-state index is 0.719. The van der Waals surface area contributed by atoms with Crippen LogP contribution in [-0.4, -0.2) is 4.98 Å². The quantitative estimate of drug-likeness (QED) is 0.533. The van der Waals surface area contributed by atoms with Gasteiger partial charge in [0.2, 0.25) is 0 Å². The Balaban J connectivity index is 2.31. The van der Waals surface area contributed by atoms with E-state index in [0.29, 0.717) is 0 Å². The Morgan fingerprint density at radius 1 is 1.19 bits per heavy atom. The summed E-state index contributed by atoms with van der Waals surface area (Å²) in [4.78, 5) is 4.00. The number of aryl methyl sites for hydroxylation is 1. The molecule has 0 atom stereocenters. The van der Waals surface area contributed by atoms with E-state index in [4.69, 9.17) is 5.73 Å². The zero-order valence-electron chi connectivity index (χ0n) is 9.07. The van der Waals surface area contributed by atoms with Crippen LogP contribution in [0.25, 0.3) is 0 Å². The molecule has 0 radical (unpaired) electrons. The fourth-order valence-corrected chi connectivity index (χ4v) is 1.37. The van der Waals surface area contributed by atoms with Crippen molar-refractivity contribution in [3.63, 3.8) is 0 Å². The number of nitrogens with two attached hydrogens (primary N) is 1. The molecule has 2 heteroatoms. The van der Waals surface area contributed by atoms with Crippen molar-refractivity contribution in [2.24, 2.45) is 0 Å². The van der Waals surface area contributed by atoms with Crippen molar-refractivity contribution >= 4 is 5.69 Å². The summed E-state index contributed by atoms with van der Waals surface area (Å²) >= 11 is 0. The van der Waals surface area contributed by atoms with Gasteiger partial charge in [0.05, 0.1) is 0 Å². The van der Waals surface area contributed by atoms with Crippen LogP contribution >= 0.6 is 0 Å². The van der Waals surface area contributed by atoms with Gasteiger partial charge < -0.3 is 5.73 Å². The van der Waals surface area contributed by atoms with E-state index >= 15 is 0 Å². The van der Waals surface area contributed by atoms with Crippen LogP contribution in [0.2, 0.25) is 0 Å². The molecular formula is C14H12N2. The molecule has 0 bridgehead atoms. The number of hydrogen-bond donors (Lipinski definition) is 1. The first-order valence-electron chi connectivity index (χ1n) is 5.04. The average Bonchev–Trinajstić information content (AvgIpc) is 2.29. The fourth-order valence-electron chi connectivity index (χ4n) is 1.37. The minimum absolute atomic E-state index is 0.719. The van der Waals surface area contributed by atoms with Gasteiger partial charge >= 0.3 is 0 Å². The third kappa shape index (κ3) is 2.40. The molecule has 2 aromatic rings. The predicted molar refractivity (Wildman–Crippen MR) is 65.8 cm³/mol. The van der Waals surface area contributed by atoms with E-state index in [1.807, 2.05) is 37.3 Å². The Morgan fingerprint density at radius 2 is 2.06 bits per heavy atom. The van der Waals surface area contributed by atoms with E-state index in [1.54, 1.807) is 12.4 Å². The molecule has 0 saturated carbocycles. The molecule has 0 unspecified atom stereocenters. The van der Waals surface area contributed by atoms with E-state index in [2.05, 4.69) is 16.8 Å². The van der Waals surface area contributed by atoms with Crippen molar-refractivity contribution in [3.8, 4) is 11.8 Å². The van der Waals surface area contributed by atoms with Gasteiger partial charge in [0.1, 0.15) is 0 Å². The smallest absolute Gasteiger partial charge is 0.0478 e. The second-order valence-electron chi connectivity index (χ2n) is 3.58. The maximum absolute atomic E-state index is 5.87. The lowest BCUT2D eigenvalue weighted by atomic mass is 10.1. The zero-order chi connectivity index (χ0) is 11.4. The van der Waals surface area contributed by atoms with Crippen LogP contribution in [0.15, 0.2) is 42.7 Å². The van der Waals surface area contributed by atoms with Crippen LogP contribution in [-0.2, 0) is 0 Å². The molecule has 2 nitrogen and oxygen atoms in total. The highest BCUT2D eigenvalue weighted by molar-refractivity contribution is 5.58. The molecule has 0 saturated heterocycles. The molecule has 0 aliphatic heterocycles. The third-order valence-electron chi connectivity index (χ3n) is 2.21. The highest BCUT2D eigenvalue weighted by atomic mass is 14.6. The normalized spacial score (nSPS) is 9.31. The molecule has 0 aliphatic carbocycles. The summed E-state index contributed by atoms with van der Waals surface area (Å²) in [5.74, 6) is 6.07. The maximum Gasteiger partial charge on any atom is 0.0478 e. The SMILES string of the molecule is Cc1ccc(C#Cc2cccnc2)c(N)c1. The van der Waals surface area contributed by atoms with Crippen molar-refractivity contribution in [1.29, 1.82) is 0 Å². The number of hydrogen-bond acceptors (Lipinski definition) is 2. The summed E-state index contributed by atoms with van der Waals surface area (Å²) in [5.41, 5.74) is 9.48. The van der Waals surface area contributed by atoms with E-state index < -0.39 is 0 Å². The third-order valence-corrected chi connectivity index (χ3v) is 2.21. The molecular weight excluding hydrogens is 196 g/mol. The van der Waals surface area contributed by atoms with Gasteiger partial charge in [-0.05, 0) is 36.8 Å². The van der Waals surface area contributed by atoms with Gasteiger partial charge in [-0.15, -0.1) is 0 Å². The second kappa shape index (κ2) is 4.50. The first-order chi connectivity index (χ1) is 7.75. The number of benzene rings is 1. The Morgan fingerprint density at radius 3 is 2.75 bits per heavy atom. The molecule has 1 aromatic heterocycles. The van der Waals surface area contributed by atoms with E-state index in [1.165, 1.54) is 0 Å². The van der Waals surface area contributed by atoms with Gasteiger partial charge in [0, 0.05) is 29.2 Å². The first kappa shape index (κ1) is 10.3. The van der Waals surface area contributed by atoms with Gasteiger partial charge in [-0.25, -0.2) is 0 Å². The molecule has 1 heterocycles. The largest absolute Gasteiger partial charge is 0.398 e. The van der Waals surface area contributed by atoms with Crippen molar-refractivity contribution in [2.75, 3.05) is 5.73 Å². The highest BCUT2D eigenvalue weighted by Gasteiger charge is 1.94. The molecule has 1 aromatic carbocycles. The lowest BCUT2D eigenvalue weighted by molar-refractivity contribution is 1.31. The molecule has 78 valence electrons. The maximum atomic E-state index is 5.87. The van der Waals surface area contributed by atoms with Gasteiger partial charge in [-0.2, -0.15) is 0 Å². The van der Waals surface area contributed by atoms with E-state index in [9.17, 15) is 0 Å². The summed E-state index contributed by atoms with van der Waals surface area (Å²) in [6, 6.07) is 9.65. The van der Waals surface area contributed by atoms with E-state index in [0.717, 1.165) is 22.4 Å². The van der Waals surface area contributed by atoms with Gasteiger partial charge in [0.25, 0.3) is 0 Å². The molecule has 0 fully saturated rings. The van der Waals surface area contributed by atoms with Crippen LogP contribution in [0, 0.1) is 18.8 Å². The molecule has 16 heavy (non-hydrogen) atoms. The standard InChI is InChI=1S/C14H12N2/c1-11-4-6-13(14(15)9-11)7-5-12-3-2-8-16-10-12/h2-4,6,8-10H,15H2,1H3. The van der Waals surface area contributed by atoms with Crippen molar-refractivity contribution in [3.05, 3.63) is 59.4 Å². The van der Waals surface area contributed by atoms with Crippen molar-refractivity contribution in [2.45, 2.75) is 6.92 Å². The Kier molecular flexibility index (Phi) is 2.88. The number of nitrogen functional groups attached to an aromatic ring is 1. The zero-order valence-corrected chi connectivity index (χ0v) is 9.07. The molecule has 0 spiro atoms.